The van der Waals surface area contributed by atoms with Gasteiger partial charge in [0.25, 0.3) is 0 Å². The maximum absolute atomic E-state index is 5.86. The Morgan fingerprint density at radius 1 is 1.14 bits per heavy atom. The van der Waals surface area contributed by atoms with E-state index in [0.717, 1.165) is 18.9 Å². The molecule has 0 spiro atoms. The molecule has 1 unspecified atom stereocenters. The Bertz CT molecular complexity index is 608. The van der Waals surface area contributed by atoms with Gasteiger partial charge in [0.15, 0.2) is 0 Å². The van der Waals surface area contributed by atoms with Gasteiger partial charge in [-0.3, -0.25) is 4.90 Å². The van der Waals surface area contributed by atoms with Crippen LogP contribution in [0, 0.1) is 6.92 Å². The van der Waals surface area contributed by atoms with Crippen LogP contribution >= 0.6 is 0 Å². The molecule has 2 nitrogen and oxygen atoms in total. The molecule has 1 aliphatic carbocycles. The van der Waals surface area contributed by atoms with E-state index in [1.165, 1.54) is 29.5 Å². The van der Waals surface area contributed by atoms with Crippen LogP contribution < -0.4 is 4.74 Å². The van der Waals surface area contributed by atoms with Crippen LogP contribution in [0.3, 0.4) is 0 Å². The maximum Gasteiger partial charge on any atom is 0.119 e. The highest BCUT2D eigenvalue weighted by atomic mass is 16.5. The minimum Gasteiger partial charge on any atom is -0.492 e. The van der Waals surface area contributed by atoms with E-state index >= 15 is 0 Å². The maximum atomic E-state index is 5.86. The van der Waals surface area contributed by atoms with E-state index in [0.29, 0.717) is 6.04 Å². The molecular formula is C19H23NO. The van der Waals surface area contributed by atoms with Crippen LogP contribution in [0.15, 0.2) is 48.5 Å². The summed E-state index contributed by atoms with van der Waals surface area (Å²) in [5, 5.41) is 0. The van der Waals surface area contributed by atoms with Crippen molar-refractivity contribution in [2.45, 2.75) is 25.8 Å². The second kappa shape index (κ2) is 6.31. The van der Waals surface area contributed by atoms with Crippen LogP contribution in [0.1, 0.15) is 29.2 Å². The lowest BCUT2D eigenvalue weighted by Gasteiger charge is -2.25. The lowest BCUT2D eigenvalue weighted by Crippen LogP contribution is -2.27. The Morgan fingerprint density at radius 2 is 2.00 bits per heavy atom. The Hall–Kier alpha value is -1.80. The number of hydrogen-bond donors (Lipinski definition) is 0. The molecule has 2 aromatic carbocycles. The molecule has 0 radical (unpaired) electrons. The number of nitrogens with zero attached hydrogens (tertiary/aromatic N) is 1. The molecule has 0 N–H and O–H groups in total. The van der Waals surface area contributed by atoms with Gasteiger partial charge >= 0.3 is 0 Å². The third-order valence-electron chi connectivity index (χ3n) is 4.34. The predicted molar refractivity (Wildman–Crippen MR) is 86.8 cm³/mol. The van der Waals surface area contributed by atoms with Gasteiger partial charge in [-0.15, -0.1) is 0 Å². The SMILES string of the molecule is Cc1cccc(OCCN(C)C2CCc3ccccc32)c1. The first kappa shape index (κ1) is 14.2. The molecule has 3 rings (SSSR count). The highest BCUT2D eigenvalue weighted by molar-refractivity contribution is 5.34. The van der Waals surface area contributed by atoms with Crippen molar-refractivity contribution in [2.24, 2.45) is 0 Å². The molecule has 0 bridgehead atoms. The first-order valence-electron chi connectivity index (χ1n) is 7.71. The molecule has 0 saturated carbocycles. The summed E-state index contributed by atoms with van der Waals surface area (Å²) in [6, 6.07) is 17.6. The number of likely N-dealkylation sites (N-methyl/N-ethyl adjacent to an activating group) is 1. The Morgan fingerprint density at radius 3 is 2.86 bits per heavy atom. The van der Waals surface area contributed by atoms with E-state index in [4.69, 9.17) is 4.74 Å². The van der Waals surface area contributed by atoms with Crippen LogP contribution in [-0.2, 0) is 6.42 Å². The molecule has 0 aliphatic heterocycles. The van der Waals surface area contributed by atoms with Gasteiger partial charge in [0.05, 0.1) is 0 Å². The monoisotopic (exact) mass is 281 g/mol. The summed E-state index contributed by atoms with van der Waals surface area (Å²) in [7, 11) is 2.20. The summed E-state index contributed by atoms with van der Waals surface area (Å²) in [5.74, 6) is 0.968. The molecule has 1 aliphatic rings. The number of ether oxygens (including phenoxy) is 1. The quantitative estimate of drug-likeness (QED) is 0.821. The zero-order valence-corrected chi connectivity index (χ0v) is 12.9. The summed E-state index contributed by atoms with van der Waals surface area (Å²) in [6.45, 7) is 3.78. The lowest BCUT2D eigenvalue weighted by atomic mass is 10.1. The van der Waals surface area contributed by atoms with E-state index in [1.807, 2.05) is 12.1 Å². The van der Waals surface area contributed by atoms with Crippen LogP contribution in [0.2, 0.25) is 0 Å². The third-order valence-corrected chi connectivity index (χ3v) is 4.34. The standard InChI is InChI=1S/C19H23NO/c1-15-6-5-8-17(14-15)21-13-12-20(2)19-11-10-16-7-3-4-9-18(16)19/h3-9,14,19H,10-13H2,1-2H3. The Balaban J connectivity index is 1.54. The lowest BCUT2D eigenvalue weighted by molar-refractivity contribution is 0.191. The van der Waals surface area contributed by atoms with Crippen molar-refractivity contribution in [2.75, 3.05) is 20.2 Å². The van der Waals surface area contributed by atoms with E-state index in [9.17, 15) is 0 Å². The van der Waals surface area contributed by atoms with Gasteiger partial charge < -0.3 is 4.74 Å². The van der Waals surface area contributed by atoms with Crippen molar-refractivity contribution in [1.29, 1.82) is 0 Å². The van der Waals surface area contributed by atoms with Gasteiger partial charge in [-0.2, -0.15) is 0 Å². The van der Waals surface area contributed by atoms with Crippen LogP contribution in [0.5, 0.6) is 5.75 Å². The van der Waals surface area contributed by atoms with Crippen molar-refractivity contribution >= 4 is 0 Å². The van der Waals surface area contributed by atoms with Crippen molar-refractivity contribution < 1.29 is 4.74 Å². The van der Waals surface area contributed by atoms with Crippen molar-refractivity contribution in [3.05, 3.63) is 65.2 Å². The van der Waals surface area contributed by atoms with Crippen LogP contribution in [0.4, 0.5) is 0 Å². The second-order valence-electron chi connectivity index (χ2n) is 5.90. The average molecular weight is 281 g/mol. The zero-order valence-electron chi connectivity index (χ0n) is 12.9. The zero-order chi connectivity index (χ0) is 14.7. The van der Waals surface area contributed by atoms with E-state index < -0.39 is 0 Å². The fraction of sp³-hybridized carbons (Fsp3) is 0.368. The van der Waals surface area contributed by atoms with Crippen LogP contribution in [0.25, 0.3) is 0 Å². The van der Waals surface area contributed by atoms with Crippen molar-refractivity contribution in [1.82, 2.24) is 4.90 Å². The molecule has 21 heavy (non-hydrogen) atoms. The fourth-order valence-electron chi connectivity index (χ4n) is 3.16. The largest absolute Gasteiger partial charge is 0.492 e. The summed E-state index contributed by atoms with van der Waals surface area (Å²) in [5.41, 5.74) is 4.25. The van der Waals surface area contributed by atoms with E-state index in [-0.39, 0.29) is 0 Å². The minimum atomic E-state index is 0.544. The number of fused-ring (bicyclic) bond motifs is 1. The molecule has 0 amide bonds. The summed E-state index contributed by atoms with van der Waals surface area (Å²) in [4.78, 5) is 2.42. The summed E-state index contributed by atoms with van der Waals surface area (Å²) >= 11 is 0. The molecule has 2 heteroatoms. The van der Waals surface area contributed by atoms with Crippen molar-refractivity contribution in [3.63, 3.8) is 0 Å². The van der Waals surface area contributed by atoms with Gasteiger partial charge in [-0.25, -0.2) is 0 Å². The fourth-order valence-corrected chi connectivity index (χ4v) is 3.16. The molecule has 0 fully saturated rings. The van der Waals surface area contributed by atoms with E-state index in [2.05, 4.69) is 55.3 Å². The van der Waals surface area contributed by atoms with Gasteiger partial charge in [0.2, 0.25) is 0 Å². The summed E-state index contributed by atoms with van der Waals surface area (Å²) in [6.07, 6.45) is 2.42. The van der Waals surface area contributed by atoms with Gasteiger partial charge in [-0.1, -0.05) is 36.4 Å². The van der Waals surface area contributed by atoms with Gasteiger partial charge in [-0.05, 0) is 55.6 Å². The Kier molecular flexibility index (Phi) is 4.26. The molecule has 0 saturated heterocycles. The molecule has 1 atom stereocenters. The molecule has 2 aromatic rings. The van der Waals surface area contributed by atoms with Crippen molar-refractivity contribution in [3.8, 4) is 5.75 Å². The average Bonchev–Trinajstić information content (AvgIpc) is 2.91. The minimum absolute atomic E-state index is 0.544. The smallest absolute Gasteiger partial charge is 0.119 e. The highest BCUT2D eigenvalue weighted by Crippen LogP contribution is 2.34. The topological polar surface area (TPSA) is 12.5 Å². The van der Waals surface area contributed by atoms with Gasteiger partial charge in [0.1, 0.15) is 12.4 Å². The number of benzene rings is 2. The third kappa shape index (κ3) is 3.27. The highest BCUT2D eigenvalue weighted by Gasteiger charge is 2.24. The van der Waals surface area contributed by atoms with Crippen LogP contribution in [-0.4, -0.2) is 25.1 Å². The second-order valence-corrected chi connectivity index (χ2v) is 5.90. The number of rotatable bonds is 5. The molecule has 110 valence electrons. The van der Waals surface area contributed by atoms with E-state index in [1.54, 1.807) is 0 Å². The normalized spacial score (nSPS) is 17.0. The predicted octanol–water partition coefficient (Wildman–Crippen LogP) is 3.99. The summed E-state index contributed by atoms with van der Waals surface area (Å²) < 4.78 is 5.86. The first-order chi connectivity index (χ1) is 10.2. The van der Waals surface area contributed by atoms with Gasteiger partial charge in [0, 0.05) is 12.6 Å². The molecule has 0 aromatic heterocycles. The molecular weight excluding hydrogens is 258 g/mol. The number of aryl methyl sites for hydroxylation is 2. The Labute approximate surface area is 127 Å². The molecule has 0 heterocycles. The first-order valence-corrected chi connectivity index (χ1v) is 7.71. The number of hydrogen-bond acceptors (Lipinski definition) is 2.